The molecule has 0 spiro atoms. The Morgan fingerprint density at radius 3 is 2.92 bits per heavy atom. The number of carbonyl (C=O) groups excluding carboxylic acids is 1. The summed E-state index contributed by atoms with van der Waals surface area (Å²) in [6.07, 6.45) is 7.65. The Labute approximate surface area is 80.2 Å². The standard InChI is InChI=1S/C12H18O/c1-3-9-6-7-10-11(13)5-4-8-12(9,10)2/h3,10H,4-8H2,1-2H3/b9-3-/t10-,12+/m0/s1. The molecule has 2 aliphatic rings. The molecule has 0 radical (unpaired) electrons. The number of allylic oxidation sites excluding steroid dienone is 2. The monoisotopic (exact) mass is 178 g/mol. The minimum atomic E-state index is 0.240. The van der Waals surface area contributed by atoms with Gasteiger partial charge in [-0.15, -0.1) is 0 Å². The van der Waals surface area contributed by atoms with Crippen molar-refractivity contribution < 1.29 is 4.79 Å². The van der Waals surface area contributed by atoms with Crippen LogP contribution in [-0.4, -0.2) is 5.78 Å². The Morgan fingerprint density at radius 2 is 2.23 bits per heavy atom. The first-order chi connectivity index (χ1) is 6.18. The molecule has 0 N–H and O–H groups in total. The maximum absolute atomic E-state index is 11.7. The summed E-state index contributed by atoms with van der Waals surface area (Å²) in [4.78, 5) is 11.7. The van der Waals surface area contributed by atoms with Gasteiger partial charge in [-0.25, -0.2) is 0 Å². The molecule has 0 aromatic rings. The molecule has 0 aromatic carbocycles. The largest absolute Gasteiger partial charge is 0.299 e. The van der Waals surface area contributed by atoms with Gasteiger partial charge in [0.2, 0.25) is 0 Å². The van der Waals surface area contributed by atoms with Crippen LogP contribution >= 0.6 is 0 Å². The molecular formula is C12H18O. The first-order valence-corrected chi connectivity index (χ1v) is 5.37. The van der Waals surface area contributed by atoms with Crippen molar-refractivity contribution in [3.8, 4) is 0 Å². The minimum Gasteiger partial charge on any atom is -0.299 e. The maximum Gasteiger partial charge on any atom is 0.136 e. The zero-order valence-corrected chi connectivity index (χ0v) is 8.60. The molecule has 0 saturated heterocycles. The zero-order chi connectivity index (χ0) is 9.47. The normalized spacial score (nSPS) is 42.5. The smallest absolute Gasteiger partial charge is 0.136 e. The molecule has 2 fully saturated rings. The van der Waals surface area contributed by atoms with Crippen LogP contribution in [0.25, 0.3) is 0 Å². The highest BCUT2D eigenvalue weighted by molar-refractivity contribution is 5.83. The molecule has 0 aromatic heterocycles. The van der Waals surface area contributed by atoms with E-state index in [0.717, 1.165) is 25.7 Å². The molecule has 0 heterocycles. The Hall–Kier alpha value is -0.590. The highest BCUT2D eigenvalue weighted by Crippen LogP contribution is 2.53. The van der Waals surface area contributed by atoms with Crippen molar-refractivity contribution in [2.45, 2.75) is 46.0 Å². The molecule has 13 heavy (non-hydrogen) atoms. The molecular weight excluding hydrogens is 160 g/mol. The molecule has 2 rings (SSSR count). The molecule has 0 unspecified atom stereocenters. The van der Waals surface area contributed by atoms with Crippen molar-refractivity contribution in [3.63, 3.8) is 0 Å². The average molecular weight is 178 g/mol. The second kappa shape index (κ2) is 2.97. The number of hydrogen-bond acceptors (Lipinski definition) is 1. The van der Waals surface area contributed by atoms with Crippen molar-refractivity contribution in [1.29, 1.82) is 0 Å². The SMILES string of the molecule is C/C=C1/CC[C@H]2C(=O)CCC[C@]12C. The van der Waals surface area contributed by atoms with Crippen LogP contribution in [0.4, 0.5) is 0 Å². The predicted octanol–water partition coefficient (Wildman–Crippen LogP) is 3.10. The van der Waals surface area contributed by atoms with E-state index < -0.39 is 0 Å². The van der Waals surface area contributed by atoms with Gasteiger partial charge in [-0.3, -0.25) is 4.79 Å². The fourth-order valence-corrected chi connectivity index (χ4v) is 3.26. The van der Waals surface area contributed by atoms with Crippen LogP contribution in [-0.2, 0) is 4.79 Å². The Morgan fingerprint density at radius 1 is 1.46 bits per heavy atom. The molecule has 0 bridgehead atoms. The second-order valence-corrected chi connectivity index (χ2v) is 4.64. The van der Waals surface area contributed by atoms with Crippen molar-refractivity contribution in [2.75, 3.05) is 0 Å². The molecule has 0 amide bonds. The third-order valence-electron chi connectivity index (χ3n) is 4.06. The molecule has 0 aliphatic heterocycles. The number of Topliss-reactive ketones (excluding diaryl/α,β-unsaturated/α-hetero) is 1. The zero-order valence-electron chi connectivity index (χ0n) is 8.60. The van der Waals surface area contributed by atoms with Gasteiger partial charge in [0.15, 0.2) is 0 Å². The lowest BCUT2D eigenvalue weighted by atomic mass is 9.67. The van der Waals surface area contributed by atoms with E-state index in [0.29, 0.717) is 11.7 Å². The third kappa shape index (κ3) is 1.17. The van der Waals surface area contributed by atoms with E-state index in [4.69, 9.17) is 0 Å². The highest BCUT2D eigenvalue weighted by Gasteiger charge is 2.47. The minimum absolute atomic E-state index is 0.240. The van der Waals surface area contributed by atoms with Gasteiger partial charge in [0, 0.05) is 12.3 Å². The molecule has 2 aliphatic carbocycles. The molecule has 2 saturated carbocycles. The number of hydrogen-bond donors (Lipinski definition) is 0. The van der Waals surface area contributed by atoms with E-state index in [1.807, 2.05) is 0 Å². The predicted molar refractivity (Wildman–Crippen MR) is 53.4 cm³/mol. The van der Waals surface area contributed by atoms with E-state index >= 15 is 0 Å². The lowest BCUT2D eigenvalue weighted by molar-refractivity contribution is -0.127. The molecule has 1 heteroatoms. The van der Waals surface area contributed by atoms with Crippen LogP contribution < -0.4 is 0 Å². The van der Waals surface area contributed by atoms with Crippen LogP contribution in [0.5, 0.6) is 0 Å². The average Bonchev–Trinajstić information content (AvgIpc) is 2.43. The van der Waals surface area contributed by atoms with E-state index in [-0.39, 0.29) is 5.41 Å². The maximum atomic E-state index is 11.7. The number of ketones is 1. The Kier molecular flexibility index (Phi) is 2.05. The van der Waals surface area contributed by atoms with Gasteiger partial charge < -0.3 is 0 Å². The van der Waals surface area contributed by atoms with Crippen LogP contribution in [0.15, 0.2) is 11.6 Å². The molecule has 1 nitrogen and oxygen atoms in total. The second-order valence-electron chi connectivity index (χ2n) is 4.64. The van der Waals surface area contributed by atoms with Gasteiger partial charge in [0.05, 0.1) is 0 Å². The Bertz CT molecular complexity index is 264. The van der Waals surface area contributed by atoms with Crippen LogP contribution in [0, 0.1) is 11.3 Å². The van der Waals surface area contributed by atoms with Gasteiger partial charge in [-0.2, -0.15) is 0 Å². The van der Waals surface area contributed by atoms with Crippen molar-refractivity contribution in [3.05, 3.63) is 11.6 Å². The Balaban J connectivity index is 2.34. The van der Waals surface area contributed by atoms with Crippen molar-refractivity contribution in [1.82, 2.24) is 0 Å². The summed E-state index contributed by atoms with van der Waals surface area (Å²) < 4.78 is 0. The van der Waals surface area contributed by atoms with E-state index in [1.54, 1.807) is 0 Å². The van der Waals surface area contributed by atoms with E-state index in [1.165, 1.54) is 12.0 Å². The number of carbonyl (C=O) groups is 1. The van der Waals surface area contributed by atoms with Gasteiger partial charge in [0.1, 0.15) is 5.78 Å². The van der Waals surface area contributed by atoms with Crippen LogP contribution in [0.3, 0.4) is 0 Å². The summed E-state index contributed by atoms with van der Waals surface area (Å²) in [7, 11) is 0. The topological polar surface area (TPSA) is 17.1 Å². The van der Waals surface area contributed by atoms with Crippen LogP contribution in [0.1, 0.15) is 46.0 Å². The number of rotatable bonds is 0. The van der Waals surface area contributed by atoms with Gasteiger partial charge in [-0.1, -0.05) is 18.6 Å². The van der Waals surface area contributed by atoms with E-state index in [9.17, 15) is 4.79 Å². The first-order valence-electron chi connectivity index (χ1n) is 5.37. The van der Waals surface area contributed by atoms with Crippen LogP contribution in [0.2, 0.25) is 0 Å². The summed E-state index contributed by atoms with van der Waals surface area (Å²) in [5.74, 6) is 0.873. The van der Waals surface area contributed by atoms with Crippen molar-refractivity contribution in [2.24, 2.45) is 11.3 Å². The first kappa shape index (κ1) is 8.98. The lowest BCUT2D eigenvalue weighted by Crippen LogP contribution is -2.33. The fourth-order valence-electron chi connectivity index (χ4n) is 3.26. The van der Waals surface area contributed by atoms with Crippen molar-refractivity contribution >= 4 is 5.78 Å². The lowest BCUT2D eigenvalue weighted by Gasteiger charge is -2.36. The van der Waals surface area contributed by atoms with E-state index in [2.05, 4.69) is 19.9 Å². The van der Waals surface area contributed by atoms with Gasteiger partial charge >= 0.3 is 0 Å². The quantitative estimate of drug-likeness (QED) is 0.521. The summed E-state index contributed by atoms with van der Waals surface area (Å²) in [5.41, 5.74) is 1.77. The highest BCUT2D eigenvalue weighted by atomic mass is 16.1. The number of fused-ring (bicyclic) bond motifs is 1. The summed E-state index contributed by atoms with van der Waals surface area (Å²) in [5, 5.41) is 0. The van der Waals surface area contributed by atoms with Gasteiger partial charge in [0.25, 0.3) is 0 Å². The molecule has 2 atom stereocenters. The molecule has 72 valence electrons. The summed E-state index contributed by atoms with van der Waals surface area (Å²) in [6, 6.07) is 0. The summed E-state index contributed by atoms with van der Waals surface area (Å²) >= 11 is 0. The van der Waals surface area contributed by atoms with Gasteiger partial charge in [-0.05, 0) is 38.0 Å². The third-order valence-corrected chi connectivity index (χ3v) is 4.06. The summed E-state index contributed by atoms with van der Waals surface area (Å²) in [6.45, 7) is 4.40. The fraction of sp³-hybridized carbons (Fsp3) is 0.750.